The van der Waals surface area contributed by atoms with Crippen LogP contribution in [0.25, 0.3) is 22.4 Å². The Hall–Kier alpha value is -2.69. The minimum atomic E-state index is -0.718. The Kier molecular flexibility index (Phi) is 6.23. The summed E-state index contributed by atoms with van der Waals surface area (Å²) in [6.45, 7) is 0. The number of aromatic nitrogens is 2. The van der Waals surface area contributed by atoms with Crippen LogP contribution in [0, 0.1) is 0 Å². The van der Waals surface area contributed by atoms with Crippen LogP contribution < -0.4 is 0 Å². The lowest BCUT2D eigenvalue weighted by atomic mass is 10.0. The number of hydrogen-bond acceptors (Lipinski definition) is 4. The normalized spacial score (nSPS) is 12.3. The van der Waals surface area contributed by atoms with Crippen molar-refractivity contribution in [2.45, 2.75) is 38.2 Å². The summed E-state index contributed by atoms with van der Waals surface area (Å²) in [5.74, 6) is 0.326. The first-order valence-electron chi connectivity index (χ1n) is 9.94. The number of pyridine rings is 1. The number of halogens is 1. The predicted molar refractivity (Wildman–Crippen MR) is 116 cm³/mol. The van der Waals surface area contributed by atoms with E-state index in [0.29, 0.717) is 28.6 Å². The summed E-state index contributed by atoms with van der Waals surface area (Å²) < 4.78 is 5.79. The molecule has 0 radical (unpaired) electrons. The van der Waals surface area contributed by atoms with Gasteiger partial charge in [0, 0.05) is 22.3 Å². The Balaban J connectivity index is 1.35. The van der Waals surface area contributed by atoms with Gasteiger partial charge in [-0.3, -0.25) is 0 Å². The lowest BCUT2D eigenvalue weighted by Crippen LogP contribution is -1.98. The molecule has 148 valence electrons. The summed E-state index contributed by atoms with van der Waals surface area (Å²) in [7, 11) is 0. The van der Waals surface area contributed by atoms with Gasteiger partial charge < -0.3 is 9.52 Å². The number of aliphatic hydroxyl groups excluding tert-OH is 1. The minimum Gasteiger partial charge on any atom is -0.436 e. The lowest BCUT2D eigenvalue weighted by Gasteiger charge is -2.06. The number of oxazole rings is 1. The minimum absolute atomic E-state index is 0.326. The molecule has 29 heavy (non-hydrogen) atoms. The number of aliphatic hydroxyl groups is 1. The Labute approximate surface area is 175 Å². The molecule has 0 saturated heterocycles. The molecule has 4 rings (SSSR count). The van der Waals surface area contributed by atoms with E-state index in [1.807, 2.05) is 36.4 Å². The fourth-order valence-corrected chi connectivity index (χ4v) is 3.68. The second-order valence-corrected chi connectivity index (χ2v) is 7.59. The van der Waals surface area contributed by atoms with E-state index >= 15 is 0 Å². The third kappa shape index (κ3) is 4.84. The summed E-state index contributed by atoms with van der Waals surface area (Å²) in [5, 5.41) is 11.1. The van der Waals surface area contributed by atoms with Crippen LogP contribution in [0.2, 0.25) is 5.02 Å². The molecule has 2 aromatic carbocycles. The SMILES string of the molecule is OC(CCCCCc1ccccc1)c1nc2ncc(-c3ccccc3Cl)cc2o1. The quantitative estimate of drug-likeness (QED) is 0.345. The summed E-state index contributed by atoms with van der Waals surface area (Å²) in [6.07, 6.45) is 5.78. The van der Waals surface area contributed by atoms with Gasteiger partial charge in [0.05, 0.1) is 0 Å². The lowest BCUT2D eigenvalue weighted by molar-refractivity contribution is 0.133. The van der Waals surface area contributed by atoms with Gasteiger partial charge in [-0.25, -0.2) is 4.98 Å². The zero-order valence-electron chi connectivity index (χ0n) is 16.1. The van der Waals surface area contributed by atoms with Gasteiger partial charge in [-0.15, -0.1) is 0 Å². The maximum Gasteiger partial charge on any atom is 0.225 e. The molecule has 0 aliphatic heterocycles. The van der Waals surface area contributed by atoms with Crippen molar-refractivity contribution in [2.75, 3.05) is 0 Å². The van der Waals surface area contributed by atoms with Crippen molar-refractivity contribution in [2.24, 2.45) is 0 Å². The first-order chi connectivity index (χ1) is 14.2. The van der Waals surface area contributed by atoms with E-state index in [-0.39, 0.29) is 0 Å². The van der Waals surface area contributed by atoms with E-state index in [9.17, 15) is 5.11 Å². The molecule has 1 atom stereocenters. The maximum atomic E-state index is 10.5. The molecule has 0 bridgehead atoms. The van der Waals surface area contributed by atoms with Crippen molar-refractivity contribution in [1.29, 1.82) is 0 Å². The topological polar surface area (TPSA) is 59.2 Å². The van der Waals surface area contributed by atoms with Crippen LogP contribution in [0.4, 0.5) is 0 Å². The number of rotatable bonds is 8. The van der Waals surface area contributed by atoms with Gasteiger partial charge in [-0.1, -0.05) is 73.0 Å². The third-order valence-corrected chi connectivity index (χ3v) is 5.35. The molecular formula is C24H23ClN2O2. The van der Waals surface area contributed by atoms with E-state index in [1.165, 1.54) is 5.56 Å². The van der Waals surface area contributed by atoms with E-state index in [2.05, 4.69) is 34.2 Å². The van der Waals surface area contributed by atoms with Crippen molar-refractivity contribution in [1.82, 2.24) is 9.97 Å². The third-order valence-electron chi connectivity index (χ3n) is 5.02. The van der Waals surface area contributed by atoms with Gasteiger partial charge in [-0.05, 0) is 37.0 Å². The van der Waals surface area contributed by atoms with Crippen molar-refractivity contribution >= 4 is 22.8 Å². The van der Waals surface area contributed by atoms with E-state index in [4.69, 9.17) is 16.0 Å². The second-order valence-electron chi connectivity index (χ2n) is 7.18. The predicted octanol–water partition coefficient (Wildman–Crippen LogP) is 6.38. The molecule has 1 unspecified atom stereocenters. The number of fused-ring (bicyclic) bond motifs is 1. The molecule has 0 aliphatic carbocycles. The monoisotopic (exact) mass is 406 g/mol. The van der Waals surface area contributed by atoms with Crippen molar-refractivity contribution in [3.05, 3.63) is 83.3 Å². The molecule has 0 fully saturated rings. The van der Waals surface area contributed by atoms with Crippen molar-refractivity contribution < 1.29 is 9.52 Å². The number of hydrogen-bond donors (Lipinski definition) is 1. The van der Waals surface area contributed by atoms with Gasteiger partial charge >= 0.3 is 0 Å². The summed E-state index contributed by atoms with van der Waals surface area (Å²) in [4.78, 5) is 8.73. The highest BCUT2D eigenvalue weighted by molar-refractivity contribution is 6.33. The summed E-state index contributed by atoms with van der Waals surface area (Å²) in [6, 6.07) is 19.9. The fraction of sp³-hybridized carbons (Fsp3) is 0.250. The average Bonchev–Trinajstić information content (AvgIpc) is 3.18. The van der Waals surface area contributed by atoms with Gasteiger partial charge in [0.1, 0.15) is 6.10 Å². The zero-order chi connectivity index (χ0) is 20.1. The molecular weight excluding hydrogens is 384 g/mol. The van der Waals surface area contributed by atoms with E-state index < -0.39 is 6.10 Å². The van der Waals surface area contributed by atoms with Crippen molar-refractivity contribution in [3.63, 3.8) is 0 Å². The molecule has 4 aromatic rings. The van der Waals surface area contributed by atoms with Crippen LogP contribution >= 0.6 is 11.6 Å². The number of unbranched alkanes of at least 4 members (excludes halogenated alkanes) is 2. The molecule has 0 saturated carbocycles. The van der Waals surface area contributed by atoms with Crippen LogP contribution in [0.15, 0.2) is 71.3 Å². The smallest absolute Gasteiger partial charge is 0.225 e. The molecule has 2 heterocycles. The molecule has 0 amide bonds. The Bertz CT molecular complexity index is 1080. The highest BCUT2D eigenvalue weighted by Gasteiger charge is 2.16. The van der Waals surface area contributed by atoms with E-state index in [1.54, 1.807) is 6.20 Å². The number of nitrogens with zero attached hydrogens (tertiary/aromatic N) is 2. The Morgan fingerprint density at radius 2 is 1.76 bits per heavy atom. The summed E-state index contributed by atoms with van der Waals surface area (Å²) in [5.41, 5.74) is 4.16. The maximum absolute atomic E-state index is 10.5. The number of benzene rings is 2. The van der Waals surface area contributed by atoms with Gasteiger partial charge in [0.25, 0.3) is 0 Å². The van der Waals surface area contributed by atoms with Crippen LogP contribution in [0.1, 0.15) is 43.2 Å². The van der Waals surface area contributed by atoms with E-state index in [0.717, 1.165) is 36.8 Å². The highest BCUT2D eigenvalue weighted by atomic mass is 35.5. The van der Waals surface area contributed by atoms with Crippen LogP contribution in [-0.2, 0) is 6.42 Å². The Morgan fingerprint density at radius 3 is 2.59 bits per heavy atom. The molecule has 0 aliphatic rings. The second kappa shape index (κ2) is 9.21. The number of aryl methyl sites for hydroxylation is 1. The van der Waals surface area contributed by atoms with Crippen LogP contribution in [0.3, 0.4) is 0 Å². The van der Waals surface area contributed by atoms with Crippen LogP contribution in [-0.4, -0.2) is 15.1 Å². The standard InChI is InChI=1S/C24H23ClN2O2/c25-20-13-8-7-12-19(20)18-15-22-23(26-16-18)27-24(29-22)21(28)14-6-2-5-11-17-9-3-1-4-10-17/h1,3-4,7-10,12-13,15-16,21,28H,2,5-6,11,14H2. The van der Waals surface area contributed by atoms with Crippen molar-refractivity contribution in [3.8, 4) is 11.1 Å². The highest BCUT2D eigenvalue weighted by Crippen LogP contribution is 2.30. The Morgan fingerprint density at radius 1 is 0.966 bits per heavy atom. The first-order valence-corrected chi connectivity index (χ1v) is 10.3. The van der Waals surface area contributed by atoms with Gasteiger partial charge in [-0.2, -0.15) is 4.98 Å². The first kappa shape index (κ1) is 19.6. The zero-order valence-corrected chi connectivity index (χ0v) is 16.8. The molecule has 2 aromatic heterocycles. The van der Waals surface area contributed by atoms with Gasteiger partial charge in [0.2, 0.25) is 5.89 Å². The fourth-order valence-electron chi connectivity index (χ4n) is 3.43. The molecule has 4 nitrogen and oxygen atoms in total. The molecule has 1 N–H and O–H groups in total. The summed E-state index contributed by atoms with van der Waals surface area (Å²) >= 11 is 6.27. The van der Waals surface area contributed by atoms with Gasteiger partial charge in [0.15, 0.2) is 11.2 Å². The molecule has 0 spiro atoms. The largest absolute Gasteiger partial charge is 0.436 e. The average molecular weight is 407 g/mol. The molecule has 5 heteroatoms. The van der Waals surface area contributed by atoms with Crippen LogP contribution in [0.5, 0.6) is 0 Å².